The van der Waals surface area contributed by atoms with Crippen LogP contribution in [0.1, 0.15) is 33.3 Å². The number of amides is 1. The molecule has 0 aliphatic carbocycles. The van der Waals surface area contributed by atoms with Crippen molar-refractivity contribution in [3.63, 3.8) is 0 Å². The van der Waals surface area contributed by atoms with E-state index < -0.39 is 5.91 Å². The highest BCUT2D eigenvalue weighted by molar-refractivity contribution is 6.01. The summed E-state index contributed by atoms with van der Waals surface area (Å²) in [5.41, 5.74) is 2.33. The standard InChI is InChI=1S/C21H23N3O5/c1-12-8-13(2)23-21(22-12)24-20(25)17-7-6-14(29-17)9-16-18(27-4)10-15(26-3)11-19(16)28-5/h6-8,10-11H,9H2,1-5H3,(H,22,23,24,25). The van der Waals surface area contributed by atoms with Crippen LogP contribution in [0, 0.1) is 13.8 Å². The molecule has 0 spiro atoms. The summed E-state index contributed by atoms with van der Waals surface area (Å²) >= 11 is 0. The van der Waals surface area contributed by atoms with E-state index in [1.807, 2.05) is 19.9 Å². The van der Waals surface area contributed by atoms with Gasteiger partial charge in [0, 0.05) is 35.5 Å². The molecule has 0 fully saturated rings. The average molecular weight is 397 g/mol. The van der Waals surface area contributed by atoms with Gasteiger partial charge >= 0.3 is 0 Å². The first-order valence-electron chi connectivity index (χ1n) is 8.94. The van der Waals surface area contributed by atoms with Crippen LogP contribution < -0.4 is 19.5 Å². The fraction of sp³-hybridized carbons (Fsp3) is 0.286. The zero-order valence-corrected chi connectivity index (χ0v) is 17.0. The number of furan rings is 1. The van der Waals surface area contributed by atoms with Gasteiger partial charge in [-0.25, -0.2) is 9.97 Å². The van der Waals surface area contributed by atoms with Crippen molar-refractivity contribution < 1.29 is 23.4 Å². The Morgan fingerprint density at radius 2 is 1.59 bits per heavy atom. The van der Waals surface area contributed by atoms with Crippen LogP contribution in [0.4, 0.5) is 5.95 Å². The van der Waals surface area contributed by atoms with Crippen LogP contribution in [0.25, 0.3) is 0 Å². The van der Waals surface area contributed by atoms with E-state index >= 15 is 0 Å². The second-order valence-electron chi connectivity index (χ2n) is 6.38. The maximum Gasteiger partial charge on any atom is 0.293 e. The number of benzene rings is 1. The van der Waals surface area contributed by atoms with Crippen molar-refractivity contribution in [3.05, 3.63) is 58.8 Å². The molecule has 1 amide bonds. The molecule has 2 heterocycles. The maximum absolute atomic E-state index is 12.5. The summed E-state index contributed by atoms with van der Waals surface area (Å²) in [6, 6.07) is 8.71. The summed E-state index contributed by atoms with van der Waals surface area (Å²) in [7, 11) is 4.72. The van der Waals surface area contributed by atoms with Gasteiger partial charge in [-0.1, -0.05) is 0 Å². The summed E-state index contributed by atoms with van der Waals surface area (Å²) in [5, 5.41) is 2.66. The van der Waals surface area contributed by atoms with Crippen molar-refractivity contribution >= 4 is 11.9 Å². The van der Waals surface area contributed by atoms with E-state index in [-0.39, 0.29) is 11.7 Å². The summed E-state index contributed by atoms with van der Waals surface area (Å²) in [6.07, 6.45) is 0.379. The predicted molar refractivity (Wildman–Crippen MR) is 107 cm³/mol. The molecule has 1 N–H and O–H groups in total. The van der Waals surface area contributed by atoms with Gasteiger partial charge in [-0.3, -0.25) is 10.1 Å². The molecule has 0 atom stereocenters. The lowest BCUT2D eigenvalue weighted by Gasteiger charge is -2.14. The number of aryl methyl sites for hydroxylation is 2. The first kappa shape index (κ1) is 20.2. The Bertz CT molecular complexity index is 984. The van der Waals surface area contributed by atoms with Crippen LogP contribution in [0.2, 0.25) is 0 Å². The van der Waals surface area contributed by atoms with Gasteiger partial charge in [0.25, 0.3) is 5.91 Å². The normalized spacial score (nSPS) is 10.5. The number of anilines is 1. The van der Waals surface area contributed by atoms with Crippen LogP contribution in [0.15, 0.2) is 34.7 Å². The average Bonchev–Trinajstić information content (AvgIpc) is 3.16. The van der Waals surface area contributed by atoms with Gasteiger partial charge in [0.05, 0.1) is 21.3 Å². The quantitative estimate of drug-likeness (QED) is 0.651. The summed E-state index contributed by atoms with van der Waals surface area (Å²) < 4.78 is 21.9. The molecule has 29 heavy (non-hydrogen) atoms. The van der Waals surface area contributed by atoms with Gasteiger partial charge in [-0.05, 0) is 32.0 Å². The highest BCUT2D eigenvalue weighted by atomic mass is 16.5. The molecule has 2 aromatic heterocycles. The van der Waals surface area contributed by atoms with Crippen LogP contribution in [-0.2, 0) is 6.42 Å². The molecule has 1 aromatic carbocycles. The Balaban J connectivity index is 1.81. The monoisotopic (exact) mass is 397 g/mol. The van der Waals surface area contributed by atoms with Crippen molar-refractivity contribution in [3.8, 4) is 17.2 Å². The van der Waals surface area contributed by atoms with E-state index in [1.54, 1.807) is 45.6 Å². The summed E-state index contributed by atoms with van der Waals surface area (Å²) in [4.78, 5) is 20.9. The second-order valence-corrected chi connectivity index (χ2v) is 6.38. The fourth-order valence-electron chi connectivity index (χ4n) is 2.97. The number of nitrogens with one attached hydrogen (secondary N) is 1. The minimum atomic E-state index is -0.421. The molecule has 0 radical (unpaired) electrons. The number of methoxy groups -OCH3 is 3. The molecule has 0 aliphatic heterocycles. The SMILES string of the molecule is COc1cc(OC)c(Cc2ccc(C(=O)Nc3nc(C)cc(C)n3)o2)c(OC)c1. The lowest BCUT2D eigenvalue weighted by atomic mass is 10.1. The van der Waals surface area contributed by atoms with Crippen LogP contribution in [-0.4, -0.2) is 37.2 Å². The Labute approximate surface area is 168 Å². The van der Waals surface area contributed by atoms with E-state index in [1.165, 1.54) is 0 Å². The van der Waals surface area contributed by atoms with Gasteiger partial charge < -0.3 is 18.6 Å². The maximum atomic E-state index is 12.5. The number of carbonyl (C=O) groups excluding carboxylic acids is 1. The summed E-state index contributed by atoms with van der Waals surface area (Å²) in [5.74, 6) is 2.39. The smallest absolute Gasteiger partial charge is 0.293 e. The van der Waals surface area contributed by atoms with Crippen molar-refractivity contribution in [2.75, 3.05) is 26.6 Å². The summed E-state index contributed by atoms with van der Waals surface area (Å²) in [6.45, 7) is 3.68. The van der Waals surface area contributed by atoms with Gasteiger partial charge in [0.15, 0.2) is 5.76 Å². The molecule has 3 rings (SSSR count). The second kappa shape index (κ2) is 8.64. The Kier molecular flexibility index (Phi) is 6.01. The van der Waals surface area contributed by atoms with E-state index in [0.717, 1.165) is 17.0 Å². The first-order chi connectivity index (χ1) is 13.9. The van der Waals surface area contributed by atoms with E-state index in [2.05, 4.69) is 15.3 Å². The number of hydrogen-bond donors (Lipinski definition) is 1. The minimum absolute atomic E-state index is 0.161. The Morgan fingerprint density at radius 3 is 2.14 bits per heavy atom. The zero-order valence-electron chi connectivity index (χ0n) is 17.0. The largest absolute Gasteiger partial charge is 0.496 e. The molecule has 152 valence electrons. The van der Waals surface area contributed by atoms with Gasteiger partial charge in [0.1, 0.15) is 23.0 Å². The molecular formula is C21H23N3O5. The highest BCUT2D eigenvalue weighted by Crippen LogP contribution is 2.35. The van der Waals surface area contributed by atoms with Crippen LogP contribution >= 0.6 is 0 Å². The lowest BCUT2D eigenvalue weighted by molar-refractivity contribution is 0.0994. The number of nitrogens with zero attached hydrogens (tertiary/aromatic N) is 2. The molecule has 8 heteroatoms. The molecule has 3 aromatic rings. The molecule has 8 nitrogen and oxygen atoms in total. The number of hydrogen-bond acceptors (Lipinski definition) is 7. The van der Waals surface area contributed by atoms with E-state index in [4.69, 9.17) is 18.6 Å². The Hall–Kier alpha value is -3.55. The van der Waals surface area contributed by atoms with Crippen molar-refractivity contribution in [1.29, 1.82) is 0 Å². The highest BCUT2D eigenvalue weighted by Gasteiger charge is 2.18. The lowest BCUT2D eigenvalue weighted by Crippen LogP contribution is -2.14. The molecule has 0 aliphatic rings. The third-order valence-electron chi connectivity index (χ3n) is 4.26. The fourth-order valence-corrected chi connectivity index (χ4v) is 2.97. The molecule has 0 saturated heterocycles. The third kappa shape index (κ3) is 4.66. The molecule has 0 unspecified atom stereocenters. The number of aromatic nitrogens is 2. The minimum Gasteiger partial charge on any atom is -0.496 e. The molecule has 0 saturated carbocycles. The Morgan fingerprint density at radius 1 is 0.966 bits per heavy atom. The van der Waals surface area contributed by atoms with Gasteiger partial charge in [-0.2, -0.15) is 0 Å². The first-order valence-corrected chi connectivity index (χ1v) is 8.94. The van der Waals surface area contributed by atoms with E-state index in [9.17, 15) is 4.79 Å². The predicted octanol–water partition coefficient (Wildman–Crippen LogP) is 3.56. The number of carbonyl (C=O) groups is 1. The third-order valence-corrected chi connectivity index (χ3v) is 4.26. The van der Waals surface area contributed by atoms with Crippen molar-refractivity contribution in [2.24, 2.45) is 0 Å². The van der Waals surface area contributed by atoms with Crippen LogP contribution in [0.3, 0.4) is 0 Å². The number of rotatable bonds is 7. The molecule has 0 bridgehead atoms. The van der Waals surface area contributed by atoms with Crippen LogP contribution in [0.5, 0.6) is 17.2 Å². The molecular weight excluding hydrogens is 374 g/mol. The zero-order chi connectivity index (χ0) is 21.0. The van der Waals surface area contributed by atoms with E-state index in [0.29, 0.717) is 29.4 Å². The van der Waals surface area contributed by atoms with Gasteiger partial charge in [0.2, 0.25) is 5.95 Å². The number of ether oxygens (including phenoxy) is 3. The van der Waals surface area contributed by atoms with Crippen molar-refractivity contribution in [2.45, 2.75) is 20.3 Å². The topological polar surface area (TPSA) is 95.7 Å². The van der Waals surface area contributed by atoms with Gasteiger partial charge in [-0.15, -0.1) is 0 Å². The van der Waals surface area contributed by atoms with Crippen molar-refractivity contribution in [1.82, 2.24) is 9.97 Å².